The highest BCUT2D eigenvalue weighted by Crippen LogP contribution is 2.53. The lowest BCUT2D eigenvalue weighted by molar-refractivity contribution is 0.0981. The molecule has 2 N–H and O–H groups in total. The largest absolute Gasteiger partial charge is 0.493 e. The Bertz CT molecular complexity index is 4540. The predicted octanol–water partition coefficient (Wildman–Crippen LogP) is 11.0. The Labute approximate surface area is 558 Å². The first-order valence-electron chi connectivity index (χ1n) is 32.0. The van der Waals surface area contributed by atoms with Crippen LogP contribution in [-0.2, 0) is 26.9 Å². The summed E-state index contributed by atoms with van der Waals surface area (Å²) in [5.41, 5.74) is 5.06. The number of benzene rings is 4. The molecular formula is C75H84N10O11. The number of methoxy groups -OCH3 is 1. The van der Waals surface area contributed by atoms with Crippen LogP contribution in [0.1, 0.15) is 96.9 Å². The molecule has 8 heterocycles. The molecule has 96 heavy (non-hydrogen) atoms. The first kappa shape index (κ1) is 67.6. The van der Waals surface area contributed by atoms with Crippen molar-refractivity contribution in [1.29, 1.82) is 0 Å². The van der Waals surface area contributed by atoms with Crippen molar-refractivity contribution in [2.24, 2.45) is 24.9 Å². The number of ether oxygens (including phenoxy) is 5. The molecule has 2 spiro atoms. The van der Waals surface area contributed by atoms with Gasteiger partial charge in [-0.05, 0) is 131 Å². The summed E-state index contributed by atoms with van der Waals surface area (Å²) in [7, 11) is 5.14. The number of para-hydroxylation sites is 2. The molecule has 21 heteroatoms. The summed E-state index contributed by atoms with van der Waals surface area (Å²) < 4.78 is 36.6. The van der Waals surface area contributed by atoms with E-state index in [0.717, 1.165) is 99.8 Å². The van der Waals surface area contributed by atoms with Gasteiger partial charge in [0, 0.05) is 122 Å². The lowest BCUT2D eigenvalue weighted by Crippen LogP contribution is -2.24. The highest BCUT2D eigenvalue weighted by molar-refractivity contribution is 5.99. The minimum absolute atomic E-state index is 0. The number of rotatable bonds is 23. The molecule has 2 aliphatic heterocycles. The summed E-state index contributed by atoms with van der Waals surface area (Å²) in [6.45, 7) is 9.94. The topological polar surface area (TPSA) is 233 Å². The average Bonchev–Trinajstić information content (AvgIpc) is 1.52. The fourth-order valence-corrected chi connectivity index (χ4v) is 13.2. The van der Waals surface area contributed by atoms with E-state index in [0.29, 0.717) is 87.4 Å². The summed E-state index contributed by atoms with van der Waals surface area (Å²) in [5.74, 6) is 3.55. The van der Waals surface area contributed by atoms with Crippen LogP contribution in [0.3, 0.4) is 0 Å². The molecule has 6 aromatic heterocycles. The number of pyridine rings is 4. The van der Waals surface area contributed by atoms with Crippen LogP contribution in [0.5, 0.6) is 40.2 Å². The Hall–Kier alpha value is -9.80. The predicted molar refractivity (Wildman–Crippen MR) is 368 cm³/mol. The van der Waals surface area contributed by atoms with Gasteiger partial charge in [-0.1, -0.05) is 51.3 Å². The maximum atomic E-state index is 13.3. The number of fused-ring (bicyclic) bond motifs is 2. The third-order valence-corrected chi connectivity index (χ3v) is 19.0. The Balaban J connectivity index is 0.000000191. The van der Waals surface area contributed by atoms with Crippen molar-refractivity contribution < 1.29 is 43.5 Å². The number of β-amino-alcohol motifs (C(OH)–C–C–N with tert-alkyl or cyclic N) is 2. The van der Waals surface area contributed by atoms with Gasteiger partial charge in [0.1, 0.15) is 39.9 Å². The normalized spacial score (nSPS) is 16.6. The number of aliphatic hydroxyl groups is 2. The molecule has 14 rings (SSSR count). The first-order chi connectivity index (χ1) is 45.6. The zero-order valence-electron chi connectivity index (χ0n) is 53.4. The van der Waals surface area contributed by atoms with Gasteiger partial charge in [0.15, 0.2) is 23.1 Å². The SMILES string of the molecule is C.C.COc1cc2c(Oc3ccc(CC(=O)c4c(C)n(C)n(-c5ccccc5)c4=O)nc3)ccnc2cc1OCCCN1CC(O)C2(CC2)C1.Cc1c(C(=O)Cc2ccc(Oc3ccnc4cc(OCCCN5CC(O)C6(CC6)C5)ccc34)cn2)c(=O)n(-c2ccccc2)n1C. The van der Waals surface area contributed by atoms with E-state index in [-0.39, 0.29) is 84.5 Å². The highest BCUT2D eigenvalue weighted by Gasteiger charge is 2.55. The highest BCUT2D eigenvalue weighted by atomic mass is 16.5. The lowest BCUT2D eigenvalue weighted by Gasteiger charge is -2.17. The summed E-state index contributed by atoms with van der Waals surface area (Å²) in [6.07, 6.45) is 12.4. The van der Waals surface area contributed by atoms with Crippen molar-refractivity contribution in [3.8, 4) is 51.6 Å². The molecule has 500 valence electrons. The summed E-state index contributed by atoms with van der Waals surface area (Å²) in [5, 5.41) is 22.2. The second kappa shape index (κ2) is 28.7. The van der Waals surface area contributed by atoms with Gasteiger partial charge in [0.05, 0.1) is 80.2 Å². The van der Waals surface area contributed by atoms with E-state index >= 15 is 0 Å². The summed E-state index contributed by atoms with van der Waals surface area (Å²) in [4.78, 5) is 75.7. The van der Waals surface area contributed by atoms with Crippen LogP contribution in [0.25, 0.3) is 33.2 Å². The van der Waals surface area contributed by atoms with Crippen molar-refractivity contribution in [1.82, 2.24) is 48.5 Å². The van der Waals surface area contributed by atoms with Crippen LogP contribution in [0.15, 0.2) is 162 Å². The number of carbonyl (C=O) groups is 2. The lowest BCUT2D eigenvalue weighted by atomic mass is 10.0. The molecule has 21 nitrogen and oxygen atoms in total. The molecule has 2 unspecified atom stereocenters. The Morgan fingerprint density at radius 3 is 1.44 bits per heavy atom. The van der Waals surface area contributed by atoms with Gasteiger partial charge in [-0.2, -0.15) is 0 Å². The van der Waals surface area contributed by atoms with Gasteiger partial charge < -0.3 is 33.9 Å². The van der Waals surface area contributed by atoms with Gasteiger partial charge in [0.2, 0.25) is 0 Å². The number of carbonyl (C=O) groups excluding carboxylic acids is 2. The molecule has 2 saturated carbocycles. The van der Waals surface area contributed by atoms with Gasteiger partial charge in [-0.25, -0.2) is 9.36 Å². The molecule has 0 bridgehead atoms. The molecular weight excluding hydrogens is 1220 g/mol. The van der Waals surface area contributed by atoms with Crippen molar-refractivity contribution >= 4 is 33.4 Å². The fourth-order valence-electron chi connectivity index (χ4n) is 13.2. The number of nitrogens with zero attached hydrogens (tertiary/aromatic N) is 10. The number of Topliss-reactive ketones (excluding diaryl/α,β-unsaturated/α-hetero) is 2. The maximum absolute atomic E-state index is 13.3. The molecule has 0 radical (unpaired) electrons. The van der Waals surface area contributed by atoms with Crippen LogP contribution < -0.4 is 34.8 Å². The second-order valence-corrected chi connectivity index (χ2v) is 25.2. The van der Waals surface area contributed by atoms with E-state index in [2.05, 4.69) is 29.7 Å². The number of aromatic nitrogens is 8. The average molecular weight is 1300 g/mol. The minimum Gasteiger partial charge on any atom is -0.493 e. The summed E-state index contributed by atoms with van der Waals surface area (Å²) in [6, 6.07) is 38.5. The number of hydrogen-bond acceptors (Lipinski definition) is 17. The van der Waals surface area contributed by atoms with Gasteiger partial charge in [0.25, 0.3) is 11.1 Å². The van der Waals surface area contributed by atoms with Crippen molar-refractivity contribution in [2.45, 2.75) is 92.3 Å². The van der Waals surface area contributed by atoms with Crippen LogP contribution >= 0.6 is 0 Å². The maximum Gasteiger partial charge on any atom is 0.282 e. The second-order valence-electron chi connectivity index (χ2n) is 25.2. The van der Waals surface area contributed by atoms with E-state index in [1.165, 1.54) is 9.36 Å². The Morgan fingerprint density at radius 2 is 0.990 bits per heavy atom. The quantitative estimate of drug-likeness (QED) is 0.0448. The van der Waals surface area contributed by atoms with Gasteiger partial charge in [-0.3, -0.25) is 58.3 Å². The van der Waals surface area contributed by atoms with Crippen LogP contribution in [0.4, 0.5) is 0 Å². The Morgan fingerprint density at radius 1 is 0.531 bits per heavy atom. The Kier molecular flexibility index (Phi) is 20.2. The standard InChI is InChI=1S/C37H39N5O6.C36H37N5O5.2CH4/c1-24-35(36(45)42(40(24)2)26-8-5-4-6-9-26)30(43)18-25-10-11-27(21-39-25)48-31-12-15-38-29-20-33(32(46-3)19-28(29)31)47-17-7-16-41-22-34(44)37(23-41)13-14-37;1-24-34(35(44)41(39(24)2)26-7-4-3-5-8-26)31(42)19-25-9-10-28(21-38-25)46-32-13-16-37-30-20-27(11-12-29(30)32)45-18-6-17-40-22-33(43)36(23-40)14-15-36;;/h4-6,8-12,15,19-21,34,44H,7,13-14,16-18,22-23H2,1-3H3;3-5,7-13,16,20-21,33,43H,6,14-15,17-19,22-23H2,1-2H3;2*1H4. The molecule has 4 aromatic carbocycles. The molecule has 4 aliphatic rings. The zero-order chi connectivity index (χ0) is 65.3. The van der Waals surface area contributed by atoms with E-state index in [1.54, 1.807) is 106 Å². The van der Waals surface area contributed by atoms with E-state index in [4.69, 9.17) is 23.7 Å². The third-order valence-electron chi connectivity index (χ3n) is 19.0. The number of likely N-dealkylation sites (tertiary alicyclic amines) is 2. The molecule has 2 aliphatic carbocycles. The van der Waals surface area contributed by atoms with Crippen LogP contribution in [-0.4, -0.2) is 142 Å². The number of ketones is 2. The molecule has 4 fully saturated rings. The van der Waals surface area contributed by atoms with Gasteiger partial charge in [-0.15, -0.1) is 0 Å². The number of hydrogen-bond donors (Lipinski definition) is 2. The van der Waals surface area contributed by atoms with E-state index in [9.17, 15) is 29.4 Å². The molecule has 10 aromatic rings. The summed E-state index contributed by atoms with van der Waals surface area (Å²) >= 11 is 0. The molecule has 0 amide bonds. The van der Waals surface area contributed by atoms with Crippen LogP contribution in [0.2, 0.25) is 0 Å². The third kappa shape index (κ3) is 14.1. The monoisotopic (exact) mass is 1300 g/mol. The zero-order valence-corrected chi connectivity index (χ0v) is 53.4. The first-order valence-corrected chi connectivity index (χ1v) is 32.0. The fraction of sp³-hybridized carbons (Fsp3) is 0.360. The van der Waals surface area contributed by atoms with Crippen LogP contribution in [0, 0.1) is 24.7 Å². The van der Waals surface area contributed by atoms with Crippen molar-refractivity contribution in [3.63, 3.8) is 0 Å². The molecule has 2 atom stereocenters. The minimum atomic E-state index is -0.353. The van der Waals surface area contributed by atoms with Gasteiger partial charge >= 0.3 is 0 Å². The molecule has 2 saturated heterocycles. The van der Waals surface area contributed by atoms with E-state index < -0.39 is 0 Å². The van der Waals surface area contributed by atoms with Crippen molar-refractivity contribution in [3.05, 3.63) is 207 Å². The smallest absolute Gasteiger partial charge is 0.282 e. The number of aliphatic hydroxyl groups excluding tert-OH is 2. The van der Waals surface area contributed by atoms with Crippen molar-refractivity contribution in [2.75, 3.05) is 59.6 Å². The van der Waals surface area contributed by atoms with E-state index in [1.807, 2.05) is 91.0 Å².